The molecule has 12 rings (SSSR count). The van der Waals surface area contributed by atoms with Gasteiger partial charge in [-0.2, -0.15) is 26.3 Å². The van der Waals surface area contributed by atoms with Gasteiger partial charge in [0.2, 0.25) is 11.8 Å². The summed E-state index contributed by atoms with van der Waals surface area (Å²) in [5.74, 6) is -9.36. The minimum atomic E-state index is -4.64. The van der Waals surface area contributed by atoms with Gasteiger partial charge in [-0.15, -0.1) is 23.5 Å². The first kappa shape index (κ1) is 49.0. The molecule has 2 fully saturated rings. The van der Waals surface area contributed by atoms with Crippen LogP contribution in [0, 0.1) is 37.1 Å². The SMILES string of the molecule is [2H]c1c(C)c([2H])c2c(=O)c([2H])c(SC([2H])([2H])c3cccc(F)c3F)n(CC(=O)N(Cc3ccc(-c4ccc(C(F)(F)F)cc4)cc3)C3([2H])C([2H])([2H])C([2H])([2H])N(CCOC)C([2H])([2H])C3([2H])[2H])c2c1[2H].[2H]c1c(C)c([2H])c2c(=O)c([2H])c(SCc3cccc(F)c3F)n(CC(=O)N(Cc3ccc(-c4ccc(C(F)(F)F)cc4)cc3)C3([2H])C([2H])([2H])C([2H])([2H])N(CCOC)C([2H])([2H])C3([2H])[2H])c2c1[2H]. The van der Waals surface area contributed by atoms with Gasteiger partial charge in [0.15, 0.2) is 34.1 Å². The summed E-state index contributed by atoms with van der Waals surface area (Å²) in [5, 5.41) is -2.81. The minimum absolute atomic E-state index is 0.0130. The van der Waals surface area contributed by atoms with E-state index >= 15 is 14.0 Å². The van der Waals surface area contributed by atoms with Crippen LogP contribution in [-0.4, -0.2) is 119 Å². The van der Waals surface area contributed by atoms with E-state index in [0.717, 1.165) is 54.1 Å². The number of ether oxygens (including phenoxy) is 2. The summed E-state index contributed by atoms with van der Waals surface area (Å²) in [6.07, 6.45) is -24.9. The molecule has 556 valence electrons. The zero-order valence-corrected chi connectivity index (χ0v) is 57.9. The van der Waals surface area contributed by atoms with Crippen molar-refractivity contribution in [2.75, 3.05) is 66.5 Å². The molecule has 2 aliphatic rings. The topological polar surface area (TPSA) is 110 Å². The molecule has 0 bridgehead atoms. The number of carbonyl (C=O) groups is 2. The van der Waals surface area contributed by atoms with Gasteiger partial charge in [-0.1, -0.05) is 120 Å². The van der Waals surface area contributed by atoms with E-state index in [0.29, 0.717) is 39.1 Å². The molecule has 0 radical (unpaired) electrons. The summed E-state index contributed by atoms with van der Waals surface area (Å²) in [6.45, 7) is -19.2. The number of thioether (sulfide) groups is 2. The molecule has 0 atom stereocenters. The minimum Gasteiger partial charge on any atom is -0.383 e. The fraction of sp³-hybridized carbons (Fsp3) is 0.317. The van der Waals surface area contributed by atoms with Crippen LogP contribution in [0.5, 0.6) is 0 Å². The van der Waals surface area contributed by atoms with Crippen molar-refractivity contribution in [3.05, 3.63) is 270 Å². The van der Waals surface area contributed by atoms with Crippen LogP contribution in [0.25, 0.3) is 44.1 Å². The number of halogens is 10. The smallest absolute Gasteiger partial charge is 0.383 e. The molecule has 2 saturated heterocycles. The fourth-order valence-corrected chi connectivity index (χ4v) is 12.3. The largest absolute Gasteiger partial charge is 0.416 e. The predicted octanol–water partition coefficient (Wildman–Crippen LogP) is 17.4. The first-order chi connectivity index (χ1) is 61.7. The highest BCUT2D eigenvalue weighted by molar-refractivity contribution is 7.98. The summed E-state index contributed by atoms with van der Waals surface area (Å²) < 4.78 is 403. The second kappa shape index (κ2) is 35.1. The standard InChI is InChI=1S/2C41H40F5N3O3S/c2*1-27-6-15-36-34(22-27)37(50)23-39(53-26-31-4-3-5-35(42)40(31)43)49(36)25-38(51)48(33-16-18-47(19-17-33)20-21-52-2)24-28-7-9-29(10-8-28)30-11-13-32(14-12-30)41(44,45)46/h2*3-15,22-23,33H,16-21,24-26H2,1-2H3/i6D,15D,16D2,17D2,18D2,19D2,22D,23D,26D2,33D;6D,15D,16D2,17D2,18D2,19D2,22D,23D,33D. The second-order valence-corrected chi connectivity index (χ2v) is 25.1. The molecule has 0 spiro atoms. The summed E-state index contributed by atoms with van der Waals surface area (Å²) in [7, 11) is 2.33. The Balaban J connectivity index is 0.000000258. The molecule has 4 heterocycles. The Morgan fingerprint density at radius 1 is 0.528 bits per heavy atom. The Morgan fingerprint density at radius 3 is 1.28 bits per heavy atom. The number of pyridine rings is 2. The Morgan fingerprint density at radius 2 is 0.896 bits per heavy atom. The first-order valence-corrected chi connectivity index (χ1v) is 33.7. The average Bonchev–Trinajstić information content (AvgIpc) is 0.668. The highest BCUT2D eigenvalue weighted by Crippen LogP contribution is 2.36. The third-order valence-corrected chi connectivity index (χ3v) is 17.9. The van der Waals surface area contributed by atoms with E-state index < -0.39 is 283 Å². The molecule has 0 N–H and O–H groups in total. The molecule has 2 aliphatic heterocycles. The quantitative estimate of drug-likeness (QED) is 0.0428. The fourth-order valence-electron chi connectivity index (χ4n) is 10.5. The molecule has 8 aromatic carbocycles. The van der Waals surface area contributed by atoms with Crippen LogP contribution in [0.15, 0.2) is 201 Å². The van der Waals surface area contributed by atoms with E-state index in [4.69, 9.17) is 34.1 Å². The Kier molecular flexibility index (Phi) is 16.2. The Bertz CT molecular complexity index is 6310. The van der Waals surface area contributed by atoms with Gasteiger partial charge in [0.05, 0.1) is 59.1 Å². The average molecular weight is 1530 g/mol. The highest BCUT2D eigenvalue weighted by Gasteiger charge is 2.34. The van der Waals surface area contributed by atoms with E-state index in [1.807, 2.05) is 0 Å². The number of amides is 2. The highest BCUT2D eigenvalue weighted by atomic mass is 32.2. The van der Waals surface area contributed by atoms with Crippen LogP contribution in [0.4, 0.5) is 43.9 Å². The van der Waals surface area contributed by atoms with Crippen LogP contribution in [0.2, 0.25) is 0 Å². The Hall–Kier alpha value is -9.04. The van der Waals surface area contributed by atoms with Gasteiger partial charge < -0.3 is 38.2 Å². The normalized spacial score (nSPS) is 22.5. The van der Waals surface area contributed by atoms with Gasteiger partial charge in [0.1, 0.15) is 13.1 Å². The van der Waals surface area contributed by atoms with Gasteiger partial charge >= 0.3 is 12.4 Å². The van der Waals surface area contributed by atoms with Crippen molar-refractivity contribution in [2.24, 2.45) is 0 Å². The number of hydrogen-bond acceptors (Lipinski definition) is 10. The lowest BCUT2D eigenvalue weighted by Crippen LogP contribution is -2.48. The van der Waals surface area contributed by atoms with Gasteiger partial charge in [-0.3, -0.25) is 19.2 Å². The second-order valence-electron chi connectivity index (χ2n) is 23.4. The molecule has 10 aromatic rings. The number of alkyl halides is 6. The van der Waals surface area contributed by atoms with E-state index in [1.165, 1.54) is 106 Å². The van der Waals surface area contributed by atoms with Crippen molar-refractivity contribution in [1.82, 2.24) is 28.7 Å². The molecule has 0 aliphatic carbocycles. The maximum Gasteiger partial charge on any atom is 0.416 e. The third kappa shape index (κ3) is 19.6. The molecule has 0 unspecified atom stereocenters. The Labute approximate surface area is 655 Å². The maximum absolute atomic E-state index is 15.3. The molecule has 24 heteroatoms. The summed E-state index contributed by atoms with van der Waals surface area (Å²) >= 11 is 0.360. The summed E-state index contributed by atoms with van der Waals surface area (Å²) in [5.41, 5.74) is -9.37. The van der Waals surface area contributed by atoms with Crippen molar-refractivity contribution in [3.8, 4) is 22.3 Å². The summed E-state index contributed by atoms with van der Waals surface area (Å²) in [4.78, 5) is 59.1. The van der Waals surface area contributed by atoms with Crippen molar-refractivity contribution in [1.29, 1.82) is 0 Å². The third-order valence-electron chi connectivity index (χ3n) is 16.0. The van der Waals surface area contributed by atoms with Crippen molar-refractivity contribution in [3.63, 3.8) is 0 Å². The number of likely N-dealkylation sites (tertiary alicyclic amines) is 2. The van der Waals surface area contributed by atoms with Crippen molar-refractivity contribution >= 4 is 57.1 Å². The van der Waals surface area contributed by atoms with Crippen molar-refractivity contribution in [2.45, 2.75) is 111 Å². The number of piperidine rings is 2. The van der Waals surface area contributed by atoms with Gasteiger partial charge in [-0.25, -0.2) is 17.6 Å². The molecule has 2 aromatic heterocycles. The van der Waals surface area contributed by atoms with E-state index in [2.05, 4.69) is 0 Å². The maximum atomic E-state index is 15.3. The van der Waals surface area contributed by atoms with Crippen LogP contribution >= 0.6 is 23.5 Å². The lowest BCUT2D eigenvalue weighted by atomic mass is 10.00. The lowest BCUT2D eigenvalue weighted by molar-refractivity contribution is -0.138. The number of carbonyl (C=O) groups excluding carboxylic acids is 2. The summed E-state index contributed by atoms with van der Waals surface area (Å²) in [6, 6.07) is 10.1. The van der Waals surface area contributed by atoms with Gasteiger partial charge in [-0.05, 0) is 133 Å². The lowest BCUT2D eigenvalue weighted by Gasteiger charge is -2.39. The van der Waals surface area contributed by atoms with Gasteiger partial charge in [0.25, 0.3) is 0 Å². The predicted molar refractivity (Wildman–Crippen MR) is 395 cm³/mol. The number of nitrogens with zero attached hydrogens (tertiary/aromatic N) is 6. The van der Waals surface area contributed by atoms with Crippen LogP contribution < -0.4 is 10.9 Å². The van der Waals surface area contributed by atoms with Crippen LogP contribution in [-0.2, 0) is 69.1 Å². The number of aromatic nitrogens is 2. The molecule has 2 amide bonds. The molecule has 12 nitrogen and oxygen atoms in total. The number of benzene rings is 8. The molecule has 106 heavy (non-hydrogen) atoms. The monoisotopic (exact) mass is 1530 g/mol. The molecule has 0 saturated carbocycles. The van der Waals surface area contributed by atoms with E-state index in [-0.39, 0.29) is 64.7 Å². The number of methoxy groups -OCH3 is 2. The van der Waals surface area contributed by atoms with E-state index in [1.54, 1.807) is 0 Å². The number of hydrogen-bond donors (Lipinski definition) is 0. The zero-order chi connectivity index (χ0) is 100. The van der Waals surface area contributed by atoms with Crippen molar-refractivity contribution < 1.29 is 101 Å². The van der Waals surface area contributed by atoms with E-state index in [9.17, 15) is 62.8 Å². The van der Waals surface area contributed by atoms with Crippen LogP contribution in [0.3, 0.4) is 0 Å². The first-order valence-electron chi connectivity index (χ1n) is 45.9. The van der Waals surface area contributed by atoms with Gasteiger partial charge in [0, 0.05) is 149 Å². The number of fused-ring (bicyclic) bond motifs is 2. The molecular formula is C82H80F10N6O6S2. The number of rotatable bonds is 24. The molecular weight excluding hydrogens is 1420 g/mol. The van der Waals surface area contributed by atoms with Crippen LogP contribution in [0.1, 0.15) is 108 Å². The zero-order valence-electron chi connectivity index (χ0n) is 84.3.